The summed E-state index contributed by atoms with van der Waals surface area (Å²) < 4.78 is 60.3. The Morgan fingerprint density at radius 2 is 1.67 bits per heavy atom. The van der Waals surface area contributed by atoms with Gasteiger partial charge in [-0.15, -0.1) is 0 Å². The maximum absolute atomic E-state index is 12.5. The van der Waals surface area contributed by atoms with E-state index in [-0.39, 0.29) is 16.1 Å². The number of hydrogen-bond acceptors (Lipinski definition) is 3. The Morgan fingerprint density at radius 1 is 1.08 bits per heavy atom. The van der Waals surface area contributed by atoms with E-state index < -0.39 is 27.7 Å². The highest BCUT2D eigenvalue weighted by Gasteiger charge is 2.30. The van der Waals surface area contributed by atoms with Crippen LogP contribution in [-0.2, 0) is 16.2 Å². The van der Waals surface area contributed by atoms with Gasteiger partial charge in [0.1, 0.15) is 0 Å². The summed E-state index contributed by atoms with van der Waals surface area (Å²) in [5.74, 6) is -0.664. The van der Waals surface area contributed by atoms with Gasteiger partial charge in [0.05, 0.1) is 10.5 Å². The molecule has 2 aromatic carbocycles. The second kappa shape index (κ2) is 6.25. The number of nitrogens with two attached hydrogens (primary N) is 1. The van der Waals surface area contributed by atoms with Crippen molar-refractivity contribution in [3.05, 3.63) is 59.2 Å². The highest BCUT2D eigenvalue weighted by atomic mass is 32.2. The summed E-state index contributed by atoms with van der Waals surface area (Å²) in [7, 11) is -3.98. The fourth-order valence-corrected chi connectivity index (χ4v) is 2.63. The average Bonchev–Trinajstić information content (AvgIpc) is 2.45. The van der Waals surface area contributed by atoms with Gasteiger partial charge >= 0.3 is 6.18 Å². The minimum absolute atomic E-state index is 0.0268. The van der Waals surface area contributed by atoms with Crippen LogP contribution in [0.2, 0.25) is 0 Å². The van der Waals surface area contributed by atoms with Gasteiger partial charge in [-0.05, 0) is 55.0 Å². The smallest absolute Gasteiger partial charge is 0.322 e. The maximum Gasteiger partial charge on any atom is 0.416 e. The molecule has 0 aliphatic rings. The zero-order chi connectivity index (χ0) is 18.1. The van der Waals surface area contributed by atoms with E-state index in [1.54, 1.807) is 6.92 Å². The fraction of sp³-hybridized carbons (Fsp3) is 0.133. The number of hydrogen-bond donors (Lipinski definition) is 2. The quantitative estimate of drug-likeness (QED) is 0.884. The molecule has 2 aromatic rings. The van der Waals surface area contributed by atoms with Gasteiger partial charge in [0, 0.05) is 11.3 Å². The van der Waals surface area contributed by atoms with Crippen molar-refractivity contribution in [1.82, 2.24) is 0 Å². The van der Waals surface area contributed by atoms with Gasteiger partial charge in [-0.3, -0.25) is 4.79 Å². The lowest BCUT2D eigenvalue weighted by Gasteiger charge is -2.10. The van der Waals surface area contributed by atoms with Gasteiger partial charge in [0.15, 0.2) is 0 Å². The number of halogens is 3. The SMILES string of the molecule is Cc1cc(C(=O)Nc2ccc(C(F)(F)F)cc2)cc(S(N)(=O)=O)c1. The van der Waals surface area contributed by atoms with Crippen LogP contribution in [0.15, 0.2) is 47.4 Å². The third kappa shape index (κ3) is 4.33. The molecule has 0 fully saturated rings. The molecule has 3 N–H and O–H groups in total. The molecule has 0 spiro atoms. The van der Waals surface area contributed by atoms with E-state index in [4.69, 9.17) is 5.14 Å². The Bertz CT molecular complexity index is 876. The lowest BCUT2D eigenvalue weighted by atomic mass is 10.1. The number of alkyl halides is 3. The summed E-state index contributed by atoms with van der Waals surface area (Å²) in [6.45, 7) is 1.59. The van der Waals surface area contributed by atoms with Crippen molar-refractivity contribution in [3.63, 3.8) is 0 Å². The molecule has 0 aliphatic carbocycles. The Morgan fingerprint density at radius 3 is 2.17 bits per heavy atom. The topological polar surface area (TPSA) is 89.3 Å². The van der Waals surface area contributed by atoms with E-state index in [9.17, 15) is 26.4 Å². The van der Waals surface area contributed by atoms with Gasteiger partial charge in [0.2, 0.25) is 10.0 Å². The molecule has 0 unspecified atom stereocenters. The second-order valence-electron chi connectivity index (χ2n) is 5.11. The fourth-order valence-electron chi connectivity index (χ4n) is 1.99. The number of carbonyl (C=O) groups excluding carboxylic acids is 1. The van der Waals surface area contributed by atoms with Gasteiger partial charge < -0.3 is 5.32 Å². The molecule has 24 heavy (non-hydrogen) atoms. The van der Waals surface area contributed by atoms with Crippen LogP contribution in [0.3, 0.4) is 0 Å². The van der Waals surface area contributed by atoms with Crippen molar-refractivity contribution in [2.24, 2.45) is 5.14 Å². The normalized spacial score (nSPS) is 12.0. The van der Waals surface area contributed by atoms with E-state index in [1.807, 2.05) is 0 Å². The molecule has 0 radical (unpaired) electrons. The number of primary sulfonamides is 1. The molecule has 5 nitrogen and oxygen atoms in total. The number of nitrogens with one attached hydrogen (secondary N) is 1. The van der Waals surface area contributed by atoms with Gasteiger partial charge in [0.25, 0.3) is 5.91 Å². The summed E-state index contributed by atoms with van der Waals surface area (Å²) in [6.07, 6.45) is -4.47. The van der Waals surface area contributed by atoms with Crippen molar-refractivity contribution in [1.29, 1.82) is 0 Å². The number of amides is 1. The molecular formula is C15H13F3N2O3S. The summed E-state index contributed by atoms with van der Waals surface area (Å²) in [5, 5.41) is 7.44. The molecule has 9 heteroatoms. The van der Waals surface area contributed by atoms with Crippen molar-refractivity contribution < 1.29 is 26.4 Å². The Balaban J connectivity index is 2.26. The molecule has 0 heterocycles. The zero-order valence-corrected chi connectivity index (χ0v) is 13.2. The lowest BCUT2D eigenvalue weighted by molar-refractivity contribution is -0.137. The van der Waals surface area contributed by atoms with Crippen LogP contribution in [0.4, 0.5) is 18.9 Å². The molecule has 0 bridgehead atoms. The van der Waals surface area contributed by atoms with Gasteiger partial charge in [-0.1, -0.05) is 0 Å². The number of rotatable bonds is 3. The number of aryl methyl sites for hydroxylation is 1. The molecule has 0 saturated heterocycles. The molecule has 2 rings (SSSR count). The Labute approximate surface area is 136 Å². The Kier molecular flexibility index (Phi) is 4.68. The minimum Gasteiger partial charge on any atom is -0.322 e. The average molecular weight is 358 g/mol. The summed E-state index contributed by atoms with van der Waals surface area (Å²) in [5.41, 5.74) is -0.169. The first kappa shape index (κ1) is 18.0. The Hall–Kier alpha value is -2.39. The number of carbonyl (C=O) groups is 1. The van der Waals surface area contributed by atoms with Crippen LogP contribution < -0.4 is 10.5 Å². The molecule has 0 aromatic heterocycles. The molecule has 0 aliphatic heterocycles. The monoisotopic (exact) mass is 358 g/mol. The number of benzene rings is 2. The van der Waals surface area contributed by atoms with Gasteiger partial charge in [-0.25, -0.2) is 13.6 Å². The maximum atomic E-state index is 12.5. The first-order chi connectivity index (χ1) is 11.0. The van der Waals surface area contributed by atoms with E-state index in [2.05, 4.69) is 5.32 Å². The van der Waals surface area contributed by atoms with Crippen molar-refractivity contribution in [3.8, 4) is 0 Å². The van der Waals surface area contributed by atoms with Crippen LogP contribution in [0, 0.1) is 6.92 Å². The van der Waals surface area contributed by atoms with Crippen LogP contribution in [0.25, 0.3) is 0 Å². The highest BCUT2D eigenvalue weighted by Crippen LogP contribution is 2.29. The summed E-state index contributed by atoms with van der Waals surface area (Å²) >= 11 is 0. The van der Waals surface area contributed by atoms with Crippen LogP contribution >= 0.6 is 0 Å². The molecule has 1 amide bonds. The van der Waals surface area contributed by atoms with Crippen molar-refractivity contribution >= 4 is 21.6 Å². The van der Waals surface area contributed by atoms with E-state index in [0.717, 1.165) is 30.3 Å². The van der Waals surface area contributed by atoms with Crippen LogP contribution in [0.1, 0.15) is 21.5 Å². The highest BCUT2D eigenvalue weighted by molar-refractivity contribution is 7.89. The zero-order valence-electron chi connectivity index (χ0n) is 12.4. The van der Waals surface area contributed by atoms with Crippen LogP contribution in [0.5, 0.6) is 0 Å². The van der Waals surface area contributed by atoms with Gasteiger partial charge in [-0.2, -0.15) is 13.2 Å². The molecule has 0 saturated carbocycles. The van der Waals surface area contributed by atoms with E-state index in [0.29, 0.717) is 5.56 Å². The predicted molar refractivity (Wildman–Crippen MR) is 81.9 cm³/mol. The minimum atomic E-state index is -4.47. The lowest BCUT2D eigenvalue weighted by Crippen LogP contribution is -2.16. The molecular weight excluding hydrogens is 345 g/mol. The number of anilines is 1. The standard InChI is InChI=1S/C15H13F3N2O3S/c1-9-6-10(8-13(7-9)24(19,22)23)14(21)20-12-4-2-11(3-5-12)15(16,17)18/h2-8H,1H3,(H,20,21)(H2,19,22,23). The summed E-state index contributed by atoms with van der Waals surface area (Å²) in [4.78, 5) is 11.9. The van der Waals surface area contributed by atoms with E-state index in [1.165, 1.54) is 12.1 Å². The van der Waals surface area contributed by atoms with Crippen LogP contribution in [-0.4, -0.2) is 14.3 Å². The first-order valence-electron chi connectivity index (χ1n) is 6.60. The predicted octanol–water partition coefficient (Wildman–Crippen LogP) is 2.91. The third-order valence-electron chi connectivity index (χ3n) is 3.11. The molecule has 128 valence electrons. The third-order valence-corrected chi connectivity index (χ3v) is 4.00. The summed E-state index contributed by atoms with van der Waals surface area (Å²) in [6, 6.07) is 7.73. The van der Waals surface area contributed by atoms with Crippen molar-refractivity contribution in [2.45, 2.75) is 18.0 Å². The van der Waals surface area contributed by atoms with Crippen molar-refractivity contribution in [2.75, 3.05) is 5.32 Å². The largest absolute Gasteiger partial charge is 0.416 e. The van der Waals surface area contributed by atoms with E-state index >= 15 is 0 Å². The first-order valence-corrected chi connectivity index (χ1v) is 8.14. The second-order valence-corrected chi connectivity index (χ2v) is 6.67. The number of sulfonamides is 1. The molecule has 0 atom stereocenters.